The first-order chi connectivity index (χ1) is 9.42. The highest BCUT2D eigenvalue weighted by Gasteiger charge is 2.18. The van der Waals surface area contributed by atoms with Crippen molar-refractivity contribution >= 4 is 38.6 Å². The van der Waals surface area contributed by atoms with Gasteiger partial charge in [-0.3, -0.25) is 0 Å². The molecule has 0 radical (unpaired) electrons. The lowest BCUT2D eigenvalue weighted by Gasteiger charge is -2.07. The van der Waals surface area contributed by atoms with Crippen molar-refractivity contribution in [2.75, 3.05) is 5.73 Å². The van der Waals surface area contributed by atoms with Gasteiger partial charge in [0.25, 0.3) is 0 Å². The van der Waals surface area contributed by atoms with E-state index in [1.54, 1.807) is 12.3 Å². The highest BCUT2D eigenvalue weighted by molar-refractivity contribution is 7.89. The van der Waals surface area contributed by atoms with Gasteiger partial charge in [-0.2, -0.15) is 0 Å². The number of nitrogens with one attached hydrogen (secondary N) is 1. The zero-order valence-corrected chi connectivity index (χ0v) is 13.1. The Morgan fingerprint density at radius 1 is 1.45 bits per heavy atom. The second kappa shape index (κ2) is 6.09. The molecule has 0 aliphatic rings. The molecule has 8 heteroatoms. The van der Waals surface area contributed by atoms with Crippen LogP contribution >= 0.6 is 22.9 Å². The van der Waals surface area contributed by atoms with Crippen LogP contribution in [0.3, 0.4) is 0 Å². The highest BCUT2D eigenvalue weighted by atomic mass is 35.5. The quantitative estimate of drug-likeness (QED) is 0.824. The summed E-state index contributed by atoms with van der Waals surface area (Å²) < 4.78 is 26.8. The van der Waals surface area contributed by atoms with Crippen molar-refractivity contribution in [1.82, 2.24) is 9.71 Å². The normalized spacial score (nSPS) is 11.7. The van der Waals surface area contributed by atoms with Gasteiger partial charge in [0, 0.05) is 16.8 Å². The van der Waals surface area contributed by atoms with Gasteiger partial charge in [0.15, 0.2) is 0 Å². The SMILES string of the molecule is CCc1cnc(CNS(=O)(=O)c2cc(N)ccc2Cl)s1. The van der Waals surface area contributed by atoms with Crippen LogP contribution in [0, 0.1) is 0 Å². The largest absolute Gasteiger partial charge is 0.399 e. The van der Waals surface area contributed by atoms with Crippen LogP contribution in [0.15, 0.2) is 29.3 Å². The minimum absolute atomic E-state index is 0.0218. The number of hydrogen-bond donors (Lipinski definition) is 2. The number of halogens is 1. The molecule has 2 aromatic rings. The monoisotopic (exact) mass is 331 g/mol. The van der Waals surface area contributed by atoms with E-state index in [4.69, 9.17) is 17.3 Å². The number of hydrogen-bond acceptors (Lipinski definition) is 5. The number of aryl methyl sites for hydroxylation is 1. The fourth-order valence-electron chi connectivity index (χ4n) is 1.55. The lowest BCUT2D eigenvalue weighted by Crippen LogP contribution is -2.23. The van der Waals surface area contributed by atoms with Crippen molar-refractivity contribution in [3.63, 3.8) is 0 Å². The molecule has 0 saturated heterocycles. The molecule has 1 aromatic carbocycles. The van der Waals surface area contributed by atoms with E-state index in [1.807, 2.05) is 6.92 Å². The van der Waals surface area contributed by atoms with Gasteiger partial charge in [0.05, 0.1) is 11.6 Å². The molecule has 0 spiro atoms. The van der Waals surface area contributed by atoms with Crippen LogP contribution in [-0.2, 0) is 23.0 Å². The minimum Gasteiger partial charge on any atom is -0.399 e. The van der Waals surface area contributed by atoms with E-state index in [0.29, 0.717) is 10.7 Å². The van der Waals surface area contributed by atoms with Crippen LogP contribution < -0.4 is 10.5 Å². The zero-order chi connectivity index (χ0) is 14.8. The summed E-state index contributed by atoms with van der Waals surface area (Å²) in [6.07, 6.45) is 2.63. The number of nitrogens with two attached hydrogens (primary N) is 1. The zero-order valence-electron chi connectivity index (χ0n) is 10.8. The molecule has 108 valence electrons. The number of sulfonamides is 1. The molecule has 0 unspecified atom stereocenters. The van der Waals surface area contributed by atoms with Crippen molar-refractivity contribution in [2.45, 2.75) is 24.8 Å². The first kappa shape index (κ1) is 15.2. The predicted octanol–water partition coefficient (Wildman–Crippen LogP) is 2.42. The molecule has 0 aliphatic carbocycles. The fourth-order valence-corrected chi connectivity index (χ4v) is 3.97. The smallest absolute Gasteiger partial charge is 0.242 e. The van der Waals surface area contributed by atoms with E-state index in [0.717, 1.165) is 11.3 Å². The molecule has 0 fully saturated rings. The summed E-state index contributed by atoms with van der Waals surface area (Å²) >= 11 is 7.38. The number of anilines is 1. The lowest BCUT2D eigenvalue weighted by atomic mass is 10.3. The average molecular weight is 332 g/mol. The van der Waals surface area contributed by atoms with Gasteiger partial charge >= 0.3 is 0 Å². The first-order valence-electron chi connectivity index (χ1n) is 5.90. The van der Waals surface area contributed by atoms with E-state index >= 15 is 0 Å². The van der Waals surface area contributed by atoms with E-state index in [-0.39, 0.29) is 16.5 Å². The van der Waals surface area contributed by atoms with Crippen molar-refractivity contribution in [3.05, 3.63) is 39.3 Å². The van der Waals surface area contributed by atoms with Crippen molar-refractivity contribution in [3.8, 4) is 0 Å². The Labute approximate surface area is 126 Å². The molecule has 0 saturated carbocycles. The van der Waals surface area contributed by atoms with E-state index in [1.165, 1.54) is 23.5 Å². The Morgan fingerprint density at radius 2 is 2.20 bits per heavy atom. The summed E-state index contributed by atoms with van der Waals surface area (Å²) in [5, 5.41) is 0.852. The van der Waals surface area contributed by atoms with Gasteiger partial charge in [-0.05, 0) is 24.6 Å². The Morgan fingerprint density at radius 3 is 2.85 bits per heavy atom. The summed E-state index contributed by atoms with van der Waals surface area (Å²) in [5.41, 5.74) is 5.94. The van der Waals surface area contributed by atoms with E-state index in [9.17, 15) is 8.42 Å². The van der Waals surface area contributed by atoms with Crippen LogP contribution in [0.25, 0.3) is 0 Å². The van der Waals surface area contributed by atoms with Crippen LogP contribution in [0.5, 0.6) is 0 Å². The number of nitrogen functional groups attached to an aromatic ring is 1. The summed E-state index contributed by atoms with van der Waals surface area (Å²) in [6, 6.07) is 4.35. The molecular weight excluding hydrogens is 318 g/mol. The van der Waals surface area contributed by atoms with Gasteiger partial charge in [-0.1, -0.05) is 18.5 Å². The Balaban J connectivity index is 2.17. The molecule has 2 rings (SSSR count). The molecule has 0 atom stereocenters. The van der Waals surface area contributed by atoms with Crippen molar-refractivity contribution in [1.29, 1.82) is 0 Å². The number of benzene rings is 1. The Kier molecular flexibility index (Phi) is 4.64. The summed E-state index contributed by atoms with van der Waals surface area (Å²) in [4.78, 5) is 5.25. The third-order valence-corrected chi connectivity index (χ3v) is 5.63. The van der Waals surface area contributed by atoms with Crippen molar-refractivity contribution < 1.29 is 8.42 Å². The fraction of sp³-hybridized carbons (Fsp3) is 0.250. The number of rotatable bonds is 5. The number of nitrogens with zero attached hydrogens (tertiary/aromatic N) is 1. The van der Waals surface area contributed by atoms with Gasteiger partial charge < -0.3 is 5.73 Å². The molecule has 0 amide bonds. The maximum Gasteiger partial charge on any atom is 0.242 e. The maximum absolute atomic E-state index is 12.2. The minimum atomic E-state index is -3.70. The van der Waals surface area contributed by atoms with Crippen LogP contribution in [-0.4, -0.2) is 13.4 Å². The lowest BCUT2D eigenvalue weighted by molar-refractivity contribution is 0.581. The maximum atomic E-state index is 12.2. The molecular formula is C12H14ClN3O2S2. The molecule has 1 aromatic heterocycles. The average Bonchev–Trinajstić information content (AvgIpc) is 2.87. The summed E-state index contributed by atoms with van der Waals surface area (Å²) in [6.45, 7) is 2.16. The van der Waals surface area contributed by atoms with E-state index in [2.05, 4.69) is 9.71 Å². The van der Waals surface area contributed by atoms with Crippen molar-refractivity contribution in [2.24, 2.45) is 0 Å². The van der Waals surface area contributed by atoms with Crippen LogP contribution in [0.2, 0.25) is 5.02 Å². The van der Waals surface area contributed by atoms with E-state index < -0.39 is 10.0 Å². The number of aromatic nitrogens is 1. The van der Waals surface area contributed by atoms with Gasteiger partial charge in [0.2, 0.25) is 10.0 Å². The summed E-state index contributed by atoms with van der Waals surface area (Å²) in [5.74, 6) is 0. The number of thiazole rings is 1. The molecule has 0 bridgehead atoms. The standard InChI is InChI=1S/C12H14ClN3O2S2/c1-2-9-6-15-12(19-9)7-16-20(17,18)11-5-8(14)3-4-10(11)13/h3-6,16H,2,7,14H2,1H3. The second-order valence-electron chi connectivity index (χ2n) is 4.09. The third kappa shape index (κ3) is 3.49. The molecule has 5 nitrogen and oxygen atoms in total. The van der Waals surface area contributed by atoms with Gasteiger partial charge in [-0.15, -0.1) is 11.3 Å². The molecule has 3 N–H and O–H groups in total. The second-order valence-corrected chi connectivity index (χ2v) is 7.43. The molecule has 20 heavy (non-hydrogen) atoms. The van der Waals surface area contributed by atoms with Gasteiger partial charge in [-0.25, -0.2) is 18.1 Å². The topological polar surface area (TPSA) is 85.1 Å². The Bertz CT molecular complexity index is 713. The van der Waals surface area contributed by atoms with Crippen LogP contribution in [0.1, 0.15) is 16.8 Å². The van der Waals surface area contributed by atoms with Gasteiger partial charge in [0.1, 0.15) is 9.90 Å². The summed E-state index contributed by atoms with van der Waals surface area (Å²) in [7, 11) is -3.70. The first-order valence-corrected chi connectivity index (χ1v) is 8.58. The predicted molar refractivity (Wildman–Crippen MR) is 81.4 cm³/mol. The molecule has 1 heterocycles. The molecule has 0 aliphatic heterocycles. The highest BCUT2D eigenvalue weighted by Crippen LogP contribution is 2.24. The Hall–Kier alpha value is -1.15. The third-order valence-electron chi connectivity index (χ3n) is 2.61. The van der Waals surface area contributed by atoms with Crippen LogP contribution in [0.4, 0.5) is 5.69 Å².